The highest BCUT2D eigenvalue weighted by atomic mass is 32.2. The molecule has 0 saturated carbocycles. The summed E-state index contributed by atoms with van der Waals surface area (Å²) < 4.78 is 10.9. The van der Waals surface area contributed by atoms with Gasteiger partial charge >= 0.3 is 0 Å². The van der Waals surface area contributed by atoms with Crippen molar-refractivity contribution >= 4 is 17.1 Å². The molecule has 0 radical (unpaired) electrons. The van der Waals surface area contributed by atoms with Crippen LogP contribution in [0.15, 0.2) is 0 Å². The minimum Gasteiger partial charge on any atom is -0.616 e. The predicted octanol–water partition coefficient (Wildman–Crippen LogP) is -0.747. The maximum Gasteiger partial charge on any atom is 0.272 e. The molecule has 1 amide bonds. The molecule has 0 spiro atoms. The monoisotopic (exact) mass is 147 g/mol. The number of amides is 1. The molecule has 1 heterocycles. The van der Waals surface area contributed by atoms with Crippen LogP contribution >= 0.6 is 0 Å². The molecule has 0 bridgehead atoms. The van der Waals surface area contributed by atoms with E-state index in [2.05, 4.69) is 5.32 Å². The van der Waals surface area contributed by atoms with Gasteiger partial charge in [0, 0.05) is 0 Å². The first kappa shape index (κ1) is 6.89. The molecule has 2 unspecified atom stereocenters. The zero-order valence-electron chi connectivity index (χ0n) is 5.22. The van der Waals surface area contributed by atoms with Crippen LogP contribution in [0, 0.1) is 0 Å². The topological polar surface area (TPSA) is 52.2 Å². The van der Waals surface area contributed by atoms with Gasteiger partial charge in [0.15, 0.2) is 5.25 Å². The van der Waals surface area contributed by atoms with E-state index in [0.717, 1.165) is 0 Å². The molecule has 1 N–H and O–H groups in total. The second-order valence-electron chi connectivity index (χ2n) is 2.02. The van der Waals surface area contributed by atoms with Crippen molar-refractivity contribution in [3.63, 3.8) is 0 Å². The summed E-state index contributed by atoms with van der Waals surface area (Å²) in [6.07, 6.45) is 0. The Labute approximate surface area is 57.0 Å². The van der Waals surface area contributed by atoms with E-state index < -0.39 is 11.2 Å². The van der Waals surface area contributed by atoms with Crippen molar-refractivity contribution in [1.29, 1.82) is 0 Å². The van der Waals surface area contributed by atoms with Crippen LogP contribution in [0.5, 0.6) is 0 Å². The number of nitrogens with one attached hydrogen (secondary N) is 1. The Hall–Kier alpha value is -0.220. The molecule has 1 aliphatic heterocycles. The number of carbonyl (C=O) groups is 1. The van der Waals surface area contributed by atoms with Crippen LogP contribution < -0.4 is 5.32 Å². The largest absolute Gasteiger partial charge is 0.616 e. The van der Waals surface area contributed by atoms with Crippen molar-refractivity contribution in [1.82, 2.24) is 5.32 Å². The quantitative estimate of drug-likeness (QED) is 0.458. The van der Waals surface area contributed by atoms with Crippen molar-refractivity contribution in [2.75, 3.05) is 12.3 Å². The summed E-state index contributed by atoms with van der Waals surface area (Å²) in [5.74, 6) is 0.520. The Morgan fingerprint density at radius 1 is 1.89 bits per heavy atom. The summed E-state index contributed by atoms with van der Waals surface area (Å²) in [5, 5.41) is 2.32. The Morgan fingerprint density at radius 2 is 2.56 bits per heavy atom. The summed E-state index contributed by atoms with van der Waals surface area (Å²) in [4.78, 5) is 10.7. The lowest BCUT2D eigenvalue weighted by Crippen LogP contribution is -2.47. The molecule has 0 aromatic heterocycles. The Balaban J connectivity index is 2.51. The van der Waals surface area contributed by atoms with Gasteiger partial charge in [0.05, 0.1) is 6.54 Å². The van der Waals surface area contributed by atoms with Crippen LogP contribution in [0.4, 0.5) is 0 Å². The van der Waals surface area contributed by atoms with Crippen molar-refractivity contribution in [2.45, 2.75) is 12.2 Å². The zero-order chi connectivity index (χ0) is 6.85. The zero-order valence-corrected chi connectivity index (χ0v) is 6.03. The highest BCUT2D eigenvalue weighted by Gasteiger charge is 2.28. The molecule has 0 aliphatic carbocycles. The fourth-order valence-corrected chi connectivity index (χ4v) is 1.69. The van der Waals surface area contributed by atoms with E-state index in [1.165, 1.54) is 0 Å². The number of carbonyl (C=O) groups excluding carboxylic acids is 1. The lowest BCUT2D eigenvalue weighted by molar-refractivity contribution is -0.120. The molecular formula is C5H9NO2S. The Morgan fingerprint density at radius 3 is 3.00 bits per heavy atom. The first-order valence-corrected chi connectivity index (χ1v) is 4.25. The summed E-state index contributed by atoms with van der Waals surface area (Å²) in [5.41, 5.74) is 0. The maximum atomic E-state index is 10.9. The molecule has 3 nitrogen and oxygen atoms in total. The van der Waals surface area contributed by atoms with Crippen LogP contribution in [0.3, 0.4) is 0 Å². The van der Waals surface area contributed by atoms with Crippen molar-refractivity contribution < 1.29 is 9.35 Å². The van der Waals surface area contributed by atoms with Gasteiger partial charge in [0.25, 0.3) is 5.91 Å². The van der Waals surface area contributed by atoms with Crippen LogP contribution in [-0.2, 0) is 16.0 Å². The van der Waals surface area contributed by atoms with Gasteiger partial charge in [-0.3, -0.25) is 4.79 Å². The van der Waals surface area contributed by atoms with Gasteiger partial charge in [-0.2, -0.15) is 0 Å². The fourth-order valence-electron chi connectivity index (χ4n) is 0.715. The summed E-state index contributed by atoms with van der Waals surface area (Å²) in [6.45, 7) is 2.25. The predicted molar refractivity (Wildman–Crippen MR) is 35.5 cm³/mol. The Kier molecular flexibility index (Phi) is 1.97. The fraction of sp³-hybridized carbons (Fsp3) is 0.800. The van der Waals surface area contributed by atoms with E-state index in [9.17, 15) is 9.35 Å². The molecule has 52 valence electrons. The highest BCUT2D eigenvalue weighted by molar-refractivity contribution is 7.92. The van der Waals surface area contributed by atoms with E-state index in [4.69, 9.17) is 0 Å². The van der Waals surface area contributed by atoms with Gasteiger partial charge in [0.2, 0.25) is 0 Å². The third kappa shape index (κ3) is 1.37. The number of rotatable bonds is 0. The number of hydrogen-bond acceptors (Lipinski definition) is 2. The lowest BCUT2D eigenvalue weighted by Gasteiger charge is -2.22. The average Bonchev–Trinajstić information content (AvgIpc) is 1.83. The third-order valence-corrected chi connectivity index (χ3v) is 2.98. The smallest absolute Gasteiger partial charge is 0.272 e. The van der Waals surface area contributed by atoms with Crippen LogP contribution in [0.1, 0.15) is 6.92 Å². The van der Waals surface area contributed by atoms with Gasteiger partial charge in [-0.05, 0) is 18.1 Å². The second kappa shape index (κ2) is 2.58. The van der Waals surface area contributed by atoms with Gasteiger partial charge in [-0.15, -0.1) is 0 Å². The van der Waals surface area contributed by atoms with E-state index >= 15 is 0 Å². The van der Waals surface area contributed by atoms with Crippen molar-refractivity contribution in [3.05, 3.63) is 0 Å². The molecule has 1 aliphatic rings. The lowest BCUT2D eigenvalue weighted by atomic mass is 10.4. The van der Waals surface area contributed by atoms with E-state index in [1.807, 2.05) is 0 Å². The van der Waals surface area contributed by atoms with Crippen LogP contribution in [-0.4, -0.2) is 28.0 Å². The number of hydrogen-bond donors (Lipinski definition) is 1. The minimum absolute atomic E-state index is 0.0837. The first-order valence-electron chi connectivity index (χ1n) is 2.86. The van der Waals surface area contributed by atoms with E-state index in [0.29, 0.717) is 12.3 Å². The molecule has 9 heavy (non-hydrogen) atoms. The Bertz CT molecular complexity index is 128. The average molecular weight is 147 g/mol. The van der Waals surface area contributed by atoms with Crippen LogP contribution in [0.2, 0.25) is 0 Å². The van der Waals surface area contributed by atoms with Crippen LogP contribution in [0.25, 0.3) is 0 Å². The van der Waals surface area contributed by atoms with Gasteiger partial charge in [0.1, 0.15) is 5.75 Å². The SMILES string of the molecule is CC1C(=O)NCC[S+]1[O-]. The van der Waals surface area contributed by atoms with E-state index in [-0.39, 0.29) is 11.2 Å². The second-order valence-corrected chi connectivity index (χ2v) is 3.89. The van der Waals surface area contributed by atoms with Gasteiger partial charge < -0.3 is 9.87 Å². The highest BCUT2D eigenvalue weighted by Crippen LogP contribution is 2.05. The van der Waals surface area contributed by atoms with Gasteiger partial charge in [-0.25, -0.2) is 0 Å². The molecular weight excluding hydrogens is 138 g/mol. The normalized spacial score (nSPS) is 36.0. The molecule has 2 atom stereocenters. The molecule has 1 saturated heterocycles. The summed E-state index contributed by atoms with van der Waals surface area (Å²) >= 11 is -0.927. The molecule has 4 heteroatoms. The van der Waals surface area contributed by atoms with Crippen molar-refractivity contribution in [2.24, 2.45) is 0 Å². The van der Waals surface area contributed by atoms with Gasteiger partial charge in [-0.1, -0.05) is 0 Å². The van der Waals surface area contributed by atoms with Crippen molar-refractivity contribution in [3.8, 4) is 0 Å². The van der Waals surface area contributed by atoms with E-state index in [1.54, 1.807) is 6.92 Å². The maximum absolute atomic E-state index is 10.9. The summed E-state index contributed by atoms with van der Waals surface area (Å²) in [6, 6.07) is 0. The summed E-state index contributed by atoms with van der Waals surface area (Å²) in [7, 11) is 0. The molecule has 1 rings (SSSR count). The molecule has 0 aromatic rings. The standard InChI is InChI=1S/C5H9NO2S/c1-4-5(7)6-2-3-9(4)8/h4H,2-3H2,1H3,(H,6,7). The third-order valence-electron chi connectivity index (χ3n) is 1.37. The first-order chi connectivity index (χ1) is 4.22. The molecule has 1 fully saturated rings. The minimum atomic E-state index is -0.927. The molecule has 0 aromatic carbocycles.